The van der Waals surface area contributed by atoms with Crippen LogP contribution in [0.1, 0.15) is 19.8 Å². The van der Waals surface area contributed by atoms with E-state index in [1.165, 1.54) is 14.0 Å². The maximum atomic E-state index is 11.1. The van der Waals surface area contributed by atoms with Gasteiger partial charge in [-0.1, -0.05) is 0 Å². The van der Waals surface area contributed by atoms with Crippen molar-refractivity contribution in [3.05, 3.63) is 0 Å². The SMILES string of the molecule is COC(=O)C1CCC(O)N1C(C)=O. The number of likely N-dealkylation sites (tertiary alicyclic amines) is 1. The Morgan fingerprint density at radius 3 is 2.54 bits per heavy atom. The molecule has 2 unspecified atom stereocenters. The Bertz CT molecular complexity index is 228. The van der Waals surface area contributed by atoms with Gasteiger partial charge in [-0.2, -0.15) is 0 Å². The second-order valence-corrected chi connectivity index (χ2v) is 3.02. The first-order valence-electron chi connectivity index (χ1n) is 4.12. The van der Waals surface area contributed by atoms with Crippen molar-refractivity contribution in [2.75, 3.05) is 7.11 Å². The molecule has 0 bridgehead atoms. The van der Waals surface area contributed by atoms with Crippen LogP contribution in [0.3, 0.4) is 0 Å². The van der Waals surface area contributed by atoms with Crippen molar-refractivity contribution >= 4 is 11.9 Å². The number of aliphatic hydroxyl groups excluding tert-OH is 1. The normalized spacial score (nSPS) is 27.5. The molecule has 5 nitrogen and oxygen atoms in total. The summed E-state index contributed by atoms with van der Waals surface area (Å²) in [6.07, 6.45) is 0.0499. The molecule has 0 spiro atoms. The van der Waals surface area contributed by atoms with E-state index in [1.54, 1.807) is 0 Å². The zero-order chi connectivity index (χ0) is 10.0. The largest absolute Gasteiger partial charge is 0.467 e. The van der Waals surface area contributed by atoms with Crippen LogP contribution in [0.2, 0.25) is 0 Å². The number of hydrogen-bond acceptors (Lipinski definition) is 4. The Morgan fingerprint density at radius 2 is 2.08 bits per heavy atom. The van der Waals surface area contributed by atoms with Gasteiger partial charge in [0.1, 0.15) is 12.3 Å². The van der Waals surface area contributed by atoms with Crippen LogP contribution in [0.5, 0.6) is 0 Å². The number of methoxy groups -OCH3 is 1. The molecule has 74 valence electrons. The van der Waals surface area contributed by atoms with E-state index in [0.717, 1.165) is 4.90 Å². The van der Waals surface area contributed by atoms with Crippen LogP contribution in [0.15, 0.2) is 0 Å². The quantitative estimate of drug-likeness (QED) is 0.561. The highest BCUT2D eigenvalue weighted by molar-refractivity contribution is 5.84. The first-order chi connectivity index (χ1) is 6.07. The minimum absolute atomic E-state index is 0.305. The Hall–Kier alpha value is -1.10. The van der Waals surface area contributed by atoms with Crippen LogP contribution in [0.4, 0.5) is 0 Å². The number of carbonyl (C=O) groups excluding carboxylic acids is 2. The fourth-order valence-electron chi connectivity index (χ4n) is 1.59. The average Bonchev–Trinajstić information content (AvgIpc) is 2.45. The Morgan fingerprint density at radius 1 is 1.46 bits per heavy atom. The summed E-state index contributed by atoms with van der Waals surface area (Å²) >= 11 is 0. The maximum Gasteiger partial charge on any atom is 0.328 e. The number of esters is 1. The topological polar surface area (TPSA) is 66.8 Å². The summed E-state index contributed by atoms with van der Waals surface area (Å²) in [6.45, 7) is 1.32. The third kappa shape index (κ3) is 1.80. The van der Waals surface area contributed by atoms with Gasteiger partial charge in [-0.3, -0.25) is 4.79 Å². The van der Waals surface area contributed by atoms with Gasteiger partial charge in [0, 0.05) is 6.92 Å². The summed E-state index contributed by atoms with van der Waals surface area (Å²) in [6, 6.07) is -0.613. The lowest BCUT2D eigenvalue weighted by atomic mass is 10.2. The van der Waals surface area contributed by atoms with Crippen LogP contribution < -0.4 is 0 Å². The number of nitrogens with zero attached hydrogens (tertiary/aromatic N) is 1. The van der Waals surface area contributed by atoms with Gasteiger partial charge in [0.15, 0.2) is 0 Å². The van der Waals surface area contributed by atoms with E-state index < -0.39 is 18.2 Å². The fourth-order valence-corrected chi connectivity index (χ4v) is 1.59. The fraction of sp³-hybridized carbons (Fsp3) is 0.750. The van der Waals surface area contributed by atoms with Crippen molar-refractivity contribution < 1.29 is 19.4 Å². The molecule has 1 N–H and O–H groups in total. The van der Waals surface area contributed by atoms with E-state index in [-0.39, 0.29) is 5.91 Å². The molecule has 0 saturated carbocycles. The van der Waals surface area contributed by atoms with Crippen molar-refractivity contribution in [1.82, 2.24) is 4.90 Å². The summed E-state index contributed by atoms with van der Waals surface area (Å²) < 4.78 is 4.52. The van der Waals surface area contributed by atoms with E-state index in [4.69, 9.17) is 0 Å². The van der Waals surface area contributed by atoms with Crippen molar-refractivity contribution in [1.29, 1.82) is 0 Å². The van der Waals surface area contributed by atoms with E-state index in [2.05, 4.69) is 4.74 Å². The molecule has 1 saturated heterocycles. The monoisotopic (exact) mass is 187 g/mol. The molecule has 1 heterocycles. The number of ether oxygens (including phenoxy) is 1. The zero-order valence-electron chi connectivity index (χ0n) is 7.69. The molecule has 13 heavy (non-hydrogen) atoms. The molecular weight excluding hydrogens is 174 g/mol. The summed E-state index contributed by atoms with van der Waals surface area (Å²) in [5.74, 6) is -0.771. The summed E-state index contributed by atoms with van der Waals surface area (Å²) in [4.78, 5) is 23.4. The molecule has 1 aliphatic heterocycles. The second-order valence-electron chi connectivity index (χ2n) is 3.02. The predicted octanol–water partition coefficient (Wildman–Crippen LogP) is -0.511. The van der Waals surface area contributed by atoms with Crippen LogP contribution in [0, 0.1) is 0 Å². The van der Waals surface area contributed by atoms with Crippen molar-refractivity contribution in [2.45, 2.75) is 32.0 Å². The number of rotatable bonds is 1. The Kier molecular flexibility index (Phi) is 2.87. The van der Waals surface area contributed by atoms with Crippen LogP contribution >= 0.6 is 0 Å². The maximum absolute atomic E-state index is 11.1. The van der Waals surface area contributed by atoms with Gasteiger partial charge in [0.05, 0.1) is 7.11 Å². The second kappa shape index (κ2) is 3.74. The van der Waals surface area contributed by atoms with Crippen LogP contribution in [0.25, 0.3) is 0 Å². The van der Waals surface area contributed by atoms with Crippen molar-refractivity contribution in [2.24, 2.45) is 0 Å². The molecular formula is C8H13NO4. The Labute approximate surface area is 76.3 Å². The lowest BCUT2D eigenvalue weighted by molar-refractivity contribution is -0.155. The summed E-state index contributed by atoms with van der Waals surface area (Å²) in [5.41, 5.74) is 0. The van der Waals surface area contributed by atoms with Gasteiger partial charge in [-0.25, -0.2) is 4.79 Å². The van der Waals surface area contributed by atoms with E-state index >= 15 is 0 Å². The standard InChI is InChI=1S/C8H13NO4/c1-5(10)9-6(8(12)13-2)3-4-7(9)11/h6-7,11H,3-4H2,1-2H3. The van der Waals surface area contributed by atoms with Gasteiger partial charge in [0.25, 0.3) is 0 Å². The molecule has 2 atom stereocenters. The van der Waals surface area contributed by atoms with Crippen LogP contribution in [-0.4, -0.2) is 41.3 Å². The van der Waals surface area contributed by atoms with E-state index in [0.29, 0.717) is 12.8 Å². The van der Waals surface area contributed by atoms with Gasteiger partial charge >= 0.3 is 5.97 Å². The molecule has 1 rings (SSSR count). The van der Waals surface area contributed by atoms with Gasteiger partial charge in [0.2, 0.25) is 5.91 Å². The van der Waals surface area contributed by atoms with Gasteiger partial charge < -0.3 is 14.7 Å². The molecule has 1 aliphatic rings. The molecule has 1 amide bonds. The molecule has 0 aromatic rings. The molecule has 0 radical (unpaired) electrons. The molecule has 0 aliphatic carbocycles. The van der Waals surface area contributed by atoms with E-state index in [1.807, 2.05) is 0 Å². The van der Waals surface area contributed by atoms with Gasteiger partial charge in [-0.15, -0.1) is 0 Å². The van der Waals surface area contributed by atoms with Crippen LogP contribution in [-0.2, 0) is 14.3 Å². The first-order valence-corrected chi connectivity index (χ1v) is 4.12. The van der Waals surface area contributed by atoms with Crippen molar-refractivity contribution in [3.8, 4) is 0 Å². The smallest absolute Gasteiger partial charge is 0.328 e. The lowest BCUT2D eigenvalue weighted by Crippen LogP contribution is -2.44. The minimum Gasteiger partial charge on any atom is -0.467 e. The molecule has 0 aromatic heterocycles. The highest BCUT2D eigenvalue weighted by Gasteiger charge is 2.39. The third-order valence-electron chi connectivity index (χ3n) is 2.19. The average molecular weight is 187 g/mol. The molecule has 5 heteroatoms. The Balaban J connectivity index is 2.75. The number of hydrogen-bond donors (Lipinski definition) is 1. The highest BCUT2D eigenvalue weighted by atomic mass is 16.5. The first kappa shape index (κ1) is 9.98. The van der Waals surface area contributed by atoms with E-state index in [9.17, 15) is 14.7 Å². The lowest BCUT2D eigenvalue weighted by Gasteiger charge is -2.23. The molecule has 0 aromatic carbocycles. The van der Waals surface area contributed by atoms with Crippen molar-refractivity contribution in [3.63, 3.8) is 0 Å². The summed E-state index contributed by atoms with van der Waals surface area (Å²) in [7, 11) is 1.27. The molecule has 1 fully saturated rings. The minimum atomic E-state index is -0.846. The predicted molar refractivity (Wildman–Crippen MR) is 43.6 cm³/mol. The highest BCUT2D eigenvalue weighted by Crippen LogP contribution is 2.23. The zero-order valence-corrected chi connectivity index (χ0v) is 7.69. The number of amides is 1. The number of carbonyl (C=O) groups is 2. The summed E-state index contributed by atoms with van der Waals surface area (Å²) in [5, 5.41) is 9.37. The number of aliphatic hydroxyl groups is 1. The van der Waals surface area contributed by atoms with Gasteiger partial charge in [-0.05, 0) is 12.8 Å². The third-order valence-corrected chi connectivity index (χ3v) is 2.19.